The average molecular weight is 296 g/mol. The Morgan fingerprint density at radius 3 is 2.65 bits per heavy atom. The predicted molar refractivity (Wildman–Crippen MR) is 69.3 cm³/mol. The maximum atomic E-state index is 13.3. The van der Waals surface area contributed by atoms with Crippen LogP contribution in [0.3, 0.4) is 0 Å². The van der Waals surface area contributed by atoms with Crippen LogP contribution in [0.5, 0.6) is 5.75 Å². The van der Waals surface area contributed by atoms with Crippen molar-refractivity contribution in [2.75, 3.05) is 5.73 Å². The number of nitrogens with two attached hydrogens (primary N) is 1. The van der Waals surface area contributed by atoms with Crippen molar-refractivity contribution < 1.29 is 9.13 Å². The summed E-state index contributed by atoms with van der Waals surface area (Å²) in [7, 11) is 0. The fourth-order valence-electron chi connectivity index (χ4n) is 1.38. The number of hydrogen-bond acceptors (Lipinski definition) is 2. The summed E-state index contributed by atoms with van der Waals surface area (Å²) in [5.41, 5.74) is 7.26. The van der Waals surface area contributed by atoms with Crippen LogP contribution in [0.1, 0.15) is 5.56 Å². The molecule has 0 radical (unpaired) electrons. The van der Waals surface area contributed by atoms with Gasteiger partial charge in [0.15, 0.2) is 11.6 Å². The van der Waals surface area contributed by atoms with Gasteiger partial charge in [-0.3, -0.25) is 0 Å². The van der Waals surface area contributed by atoms with Gasteiger partial charge in [-0.05, 0) is 45.8 Å². The molecule has 4 heteroatoms. The molecule has 0 unspecified atom stereocenters. The molecule has 17 heavy (non-hydrogen) atoms. The average Bonchev–Trinajstić information content (AvgIpc) is 2.32. The van der Waals surface area contributed by atoms with Gasteiger partial charge in [0, 0.05) is 10.2 Å². The zero-order valence-electron chi connectivity index (χ0n) is 8.99. The predicted octanol–water partition coefficient (Wildman–Crippen LogP) is 3.75. The molecule has 0 aliphatic carbocycles. The van der Waals surface area contributed by atoms with Crippen molar-refractivity contribution >= 4 is 21.6 Å². The molecule has 2 nitrogen and oxygen atoms in total. The molecular weight excluding hydrogens is 285 g/mol. The molecule has 0 amide bonds. The van der Waals surface area contributed by atoms with E-state index in [1.54, 1.807) is 24.3 Å². The molecule has 0 heterocycles. The zero-order chi connectivity index (χ0) is 12.3. The standard InChI is InChI=1S/C13H11BrFNO/c14-10-7-9(5-6-12(10)16)8-17-13-4-2-1-3-11(13)15/h1-7H,8,16H2. The lowest BCUT2D eigenvalue weighted by molar-refractivity contribution is 0.290. The fourth-order valence-corrected chi connectivity index (χ4v) is 1.81. The van der Waals surface area contributed by atoms with Crippen LogP contribution in [0.25, 0.3) is 0 Å². The highest BCUT2D eigenvalue weighted by atomic mass is 79.9. The van der Waals surface area contributed by atoms with E-state index < -0.39 is 0 Å². The second kappa shape index (κ2) is 5.19. The molecule has 2 rings (SSSR count). The topological polar surface area (TPSA) is 35.2 Å². The molecule has 0 aliphatic rings. The summed E-state index contributed by atoms with van der Waals surface area (Å²) >= 11 is 3.33. The number of rotatable bonds is 3. The van der Waals surface area contributed by atoms with E-state index in [1.165, 1.54) is 6.07 Å². The Morgan fingerprint density at radius 2 is 1.94 bits per heavy atom. The largest absolute Gasteiger partial charge is 0.486 e. The highest BCUT2D eigenvalue weighted by molar-refractivity contribution is 9.10. The van der Waals surface area contributed by atoms with Crippen molar-refractivity contribution in [3.63, 3.8) is 0 Å². The quantitative estimate of drug-likeness (QED) is 0.875. The van der Waals surface area contributed by atoms with E-state index in [1.807, 2.05) is 12.1 Å². The van der Waals surface area contributed by atoms with Gasteiger partial charge in [-0.25, -0.2) is 4.39 Å². The van der Waals surface area contributed by atoms with E-state index in [4.69, 9.17) is 10.5 Å². The van der Waals surface area contributed by atoms with E-state index in [0.717, 1.165) is 10.0 Å². The van der Waals surface area contributed by atoms with Gasteiger partial charge in [-0.1, -0.05) is 18.2 Å². The highest BCUT2D eigenvalue weighted by Gasteiger charge is 2.03. The molecule has 0 fully saturated rings. The van der Waals surface area contributed by atoms with Crippen molar-refractivity contribution in [3.05, 3.63) is 58.3 Å². The van der Waals surface area contributed by atoms with Crippen LogP contribution in [-0.4, -0.2) is 0 Å². The minimum Gasteiger partial charge on any atom is -0.486 e. The SMILES string of the molecule is Nc1ccc(COc2ccccc2F)cc1Br. The van der Waals surface area contributed by atoms with Gasteiger partial charge in [-0.15, -0.1) is 0 Å². The molecule has 0 saturated carbocycles. The normalized spacial score (nSPS) is 10.2. The Hall–Kier alpha value is -1.55. The maximum absolute atomic E-state index is 13.3. The lowest BCUT2D eigenvalue weighted by atomic mass is 10.2. The van der Waals surface area contributed by atoms with Gasteiger partial charge in [0.25, 0.3) is 0 Å². The van der Waals surface area contributed by atoms with Gasteiger partial charge >= 0.3 is 0 Å². The Bertz CT molecular complexity index is 531. The van der Waals surface area contributed by atoms with Crippen molar-refractivity contribution in [3.8, 4) is 5.75 Å². The third-order valence-electron chi connectivity index (χ3n) is 2.30. The molecule has 2 aromatic carbocycles. The van der Waals surface area contributed by atoms with E-state index in [2.05, 4.69) is 15.9 Å². The number of nitrogen functional groups attached to an aromatic ring is 1. The molecule has 0 saturated heterocycles. The second-order valence-electron chi connectivity index (χ2n) is 3.57. The molecule has 0 aromatic heterocycles. The lowest BCUT2D eigenvalue weighted by Crippen LogP contribution is -1.98. The van der Waals surface area contributed by atoms with Crippen molar-refractivity contribution in [1.82, 2.24) is 0 Å². The summed E-state index contributed by atoms with van der Waals surface area (Å²) in [4.78, 5) is 0. The molecule has 2 aromatic rings. The molecular formula is C13H11BrFNO. The Morgan fingerprint density at radius 1 is 1.18 bits per heavy atom. The third kappa shape index (κ3) is 2.97. The van der Waals surface area contributed by atoms with E-state index >= 15 is 0 Å². The van der Waals surface area contributed by atoms with Crippen LogP contribution < -0.4 is 10.5 Å². The van der Waals surface area contributed by atoms with Crippen LogP contribution >= 0.6 is 15.9 Å². The van der Waals surface area contributed by atoms with Crippen molar-refractivity contribution in [1.29, 1.82) is 0 Å². The molecule has 0 aliphatic heterocycles. The summed E-state index contributed by atoms with van der Waals surface area (Å²) < 4.78 is 19.5. The summed E-state index contributed by atoms with van der Waals surface area (Å²) in [5.74, 6) is -0.109. The summed E-state index contributed by atoms with van der Waals surface area (Å²) in [6.45, 7) is 0.305. The van der Waals surface area contributed by atoms with Gasteiger partial charge in [0.2, 0.25) is 0 Å². The molecule has 0 bridgehead atoms. The van der Waals surface area contributed by atoms with Crippen LogP contribution in [0.4, 0.5) is 10.1 Å². The van der Waals surface area contributed by atoms with Crippen LogP contribution in [0.2, 0.25) is 0 Å². The van der Waals surface area contributed by atoms with E-state index in [0.29, 0.717) is 12.3 Å². The van der Waals surface area contributed by atoms with Gasteiger partial charge < -0.3 is 10.5 Å². The fraction of sp³-hybridized carbons (Fsp3) is 0.0769. The Balaban J connectivity index is 2.08. The molecule has 0 atom stereocenters. The minimum absolute atomic E-state index is 0.250. The molecule has 88 valence electrons. The first-order chi connectivity index (χ1) is 8.16. The van der Waals surface area contributed by atoms with E-state index in [-0.39, 0.29) is 11.6 Å². The third-order valence-corrected chi connectivity index (χ3v) is 2.98. The summed E-state index contributed by atoms with van der Waals surface area (Å²) in [6.07, 6.45) is 0. The van der Waals surface area contributed by atoms with E-state index in [9.17, 15) is 4.39 Å². The van der Waals surface area contributed by atoms with Gasteiger partial charge in [-0.2, -0.15) is 0 Å². The molecule has 2 N–H and O–H groups in total. The van der Waals surface area contributed by atoms with Crippen LogP contribution in [0, 0.1) is 5.82 Å². The number of hydrogen-bond donors (Lipinski definition) is 1. The van der Waals surface area contributed by atoms with Gasteiger partial charge in [0.05, 0.1) is 0 Å². The molecule has 0 spiro atoms. The monoisotopic (exact) mass is 295 g/mol. The van der Waals surface area contributed by atoms with Crippen LogP contribution in [0.15, 0.2) is 46.9 Å². The first-order valence-corrected chi connectivity index (χ1v) is 5.87. The highest BCUT2D eigenvalue weighted by Crippen LogP contribution is 2.22. The van der Waals surface area contributed by atoms with Crippen molar-refractivity contribution in [2.45, 2.75) is 6.61 Å². The number of ether oxygens (including phenoxy) is 1. The minimum atomic E-state index is -0.359. The first-order valence-electron chi connectivity index (χ1n) is 5.08. The van der Waals surface area contributed by atoms with Crippen molar-refractivity contribution in [2.24, 2.45) is 0 Å². The van der Waals surface area contributed by atoms with Gasteiger partial charge in [0.1, 0.15) is 6.61 Å². The summed E-state index contributed by atoms with van der Waals surface area (Å²) in [6, 6.07) is 11.8. The number of anilines is 1. The second-order valence-corrected chi connectivity index (χ2v) is 4.43. The Kier molecular flexibility index (Phi) is 3.64. The number of benzene rings is 2. The smallest absolute Gasteiger partial charge is 0.165 e. The zero-order valence-corrected chi connectivity index (χ0v) is 10.6. The van der Waals surface area contributed by atoms with Crippen LogP contribution in [-0.2, 0) is 6.61 Å². The maximum Gasteiger partial charge on any atom is 0.165 e. The summed E-state index contributed by atoms with van der Waals surface area (Å²) in [5, 5.41) is 0. The lowest BCUT2D eigenvalue weighted by Gasteiger charge is -2.08. The Labute approximate surface area is 107 Å². The number of para-hydroxylation sites is 1. The first kappa shape index (κ1) is 11.9. The number of halogens is 2.